The SMILES string of the molecule is CCOc1ccc2c(C#N)c(-c3ccc(NC(=O)CC(C)C4CC4)cc3)n(C3CCC3)c2c1. The van der Waals surface area contributed by atoms with Crippen LogP contribution in [0.15, 0.2) is 42.5 Å². The van der Waals surface area contributed by atoms with Crippen LogP contribution >= 0.6 is 0 Å². The summed E-state index contributed by atoms with van der Waals surface area (Å²) in [5.41, 5.74) is 4.52. The maximum absolute atomic E-state index is 12.4. The summed E-state index contributed by atoms with van der Waals surface area (Å²) in [6.45, 7) is 4.76. The zero-order chi connectivity index (χ0) is 22.9. The molecule has 1 N–H and O–H groups in total. The smallest absolute Gasteiger partial charge is 0.224 e. The molecule has 0 bridgehead atoms. The van der Waals surface area contributed by atoms with Crippen molar-refractivity contribution in [2.45, 2.75) is 58.4 Å². The Morgan fingerprint density at radius 3 is 2.55 bits per heavy atom. The maximum atomic E-state index is 12.4. The van der Waals surface area contributed by atoms with Gasteiger partial charge in [0.25, 0.3) is 0 Å². The second-order valence-electron chi connectivity index (χ2n) is 9.55. The van der Waals surface area contributed by atoms with Crippen molar-refractivity contribution < 1.29 is 9.53 Å². The van der Waals surface area contributed by atoms with Gasteiger partial charge in [-0.05, 0) is 80.7 Å². The average Bonchev–Trinajstić information content (AvgIpc) is 3.57. The van der Waals surface area contributed by atoms with Gasteiger partial charge >= 0.3 is 0 Å². The van der Waals surface area contributed by atoms with Crippen molar-refractivity contribution in [1.82, 2.24) is 4.57 Å². The first-order chi connectivity index (χ1) is 16.1. The van der Waals surface area contributed by atoms with Crippen molar-refractivity contribution >= 4 is 22.5 Å². The molecule has 1 unspecified atom stereocenters. The van der Waals surface area contributed by atoms with E-state index in [1.54, 1.807) is 0 Å². The number of fused-ring (bicyclic) bond motifs is 1. The molecule has 2 aliphatic carbocycles. The highest BCUT2D eigenvalue weighted by molar-refractivity contribution is 5.96. The van der Waals surface area contributed by atoms with Crippen LogP contribution in [0.1, 0.15) is 64.0 Å². The molecule has 1 atom stereocenters. The normalized spacial score (nSPS) is 16.8. The summed E-state index contributed by atoms with van der Waals surface area (Å²) in [6.07, 6.45) is 6.53. The largest absolute Gasteiger partial charge is 0.494 e. The van der Waals surface area contributed by atoms with E-state index in [0.717, 1.165) is 52.4 Å². The first-order valence-corrected chi connectivity index (χ1v) is 12.2. The highest BCUT2D eigenvalue weighted by atomic mass is 16.5. The van der Waals surface area contributed by atoms with Crippen LogP contribution in [0, 0.1) is 23.2 Å². The highest BCUT2D eigenvalue weighted by Gasteiger charge is 2.30. The number of benzene rings is 2. The summed E-state index contributed by atoms with van der Waals surface area (Å²) in [7, 11) is 0. The number of aromatic nitrogens is 1. The minimum absolute atomic E-state index is 0.0758. The van der Waals surface area contributed by atoms with Crippen LogP contribution in [0.3, 0.4) is 0 Å². The van der Waals surface area contributed by atoms with Gasteiger partial charge < -0.3 is 14.6 Å². The van der Waals surface area contributed by atoms with Crippen LogP contribution in [-0.2, 0) is 4.79 Å². The summed E-state index contributed by atoms with van der Waals surface area (Å²) in [6, 6.07) is 16.8. The minimum Gasteiger partial charge on any atom is -0.494 e. The molecule has 5 rings (SSSR count). The van der Waals surface area contributed by atoms with E-state index in [2.05, 4.69) is 28.9 Å². The number of nitriles is 1. The standard InChI is InChI=1S/C28H31N3O2/c1-3-33-23-13-14-24-25(17-29)28(31(26(24)16-23)22-5-4-6-22)20-9-11-21(12-10-20)30-27(32)15-18(2)19-7-8-19/h9-14,16,18-19,22H,3-8,15H2,1-2H3,(H,30,32). The first kappa shape index (κ1) is 21.6. The van der Waals surface area contributed by atoms with Gasteiger partial charge in [0, 0.05) is 29.6 Å². The molecule has 0 spiro atoms. The molecule has 1 aromatic heterocycles. The first-order valence-electron chi connectivity index (χ1n) is 12.2. The summed E-state index contributed by atoms with van der Waals surface area (Å²) in [5.74, 6) is 2.07. The minimum atomic E-state index is 0.0758. The number of nitrogens with one attached hydrogen (secondary N) is 1. The molecule has 1 heterocycles. The van der Waals surface area contributed by atoms with E-state index in [4.69, 9.17) is 4.74 Å². The summed E-state index contributed by atoms with van der Waals surface area (Å²) in [4.78, 5) is 12.4. The summed E-state index contributed by atoms with van der Waals surface area (Å²) >= 11 is 0. The quantitative estimate of drug-likeness (QED) is 0.424. The van der Waals surface area contributed by atoms with Gasteiger partial charge in [0.05, 0.1) is 23.4 Å². The Labute approximate surface area is 195 Å². The number of carbonyl (C=O) groups is 1. The number of rotatable bonds is 8. The number of nitrogens with zero attached hydrogens (tertiary/aromatic N) is 2. The molecule has 0 aliphatic heterocycles. The monoisotopic (exact) mass is 441 g/mol. The van der Waals surface area contributed by atoms with E-state index < -0.39 is 0 Å². The molecule has 2 aliphatic rings. The lowest BCUT2D eigenvalue weighted by molar-refractivity contribution is -0.117. The molecule has 5 heteroatoms. The van der Waals surface area contributed by atoms with Crippen LogP contribution in [0.4, 0.5) is 5.69 Å². The maximum Gasteiger partial charge on any atom is 0.224 e. The molecule has 0 radical (unpaired) electrons. The average molecular weight is 442 g/mol. The highest BCUT2D eigenvalue weighted by Crippen LogP contribution is 2.43. The third-order valence-corrected chi connectivity index (χ3v) is 7.21. The second kappa shape index (κ2) is 8.94. The number of amides is 1. The van der Waals surface area contributed by atoms with Crippen molar-refractivity contribution in [3.63, 3.8) is 0 Å². The van der Waals surface area contributed by atoms with Gasteiger partial charge in [0.1, 0.15) is 11.8 Å². The topological polar surface area (TPSA) is 67.0 Å². The third-order valence-electron chi connectivity index (χ3n) is 7.21. The molecule has 3 aromatic rings. The van der Waals surface area contributed by atoms with E-state index in [9.17, 15) is 10.1 Å². The fourth-order valence-corrected chi connectivity index (χ4v) is 5.02. The van der Waals surface area contributed by atoms with Crippen molar-refractivity contribution in [3.8, 4) is 23.1 Å². The van der Waals surface area contributed by atoms with Gasteiger partial charge in [-0.3, -0.25) is 4.79 Å². The Hall–Kier alpha value is -3.26. The lowest BCUT2D eigenvalue weighted by atomic mass is 9.92. The lowest BCUT2D eigenvalue weighted by Crippen LogP contribution is -2.18. The predicted octanol–water partition coefficient (Wildman–Crippen LogP) is 6.68. The van der Waals surface area contributed by atoms with Crippen molar-refractivity contribution in [2.75, 3.05) is 11.9 Å². The Morgan fingerprint density at radius 2 is 1.94 bits per heavy atom. The van der Waals surface area contributed by atoms with Crippen LogP contribution in [-0.4, -0.2) is 17.1 Å². The van der Waals surface area contributed by atoms with Crippen LogP contribution in [0.25, 0.3) is 22.2 Å². The van der Waals surface area contributed by atoms with Crippen molar-refractivity contribution in [3.05, 3.63) is 48.0 Å². The Balaban J connectivity index is 1.48. The Morgan fingerprint density at radius 1 is 1.18 bits per heavy atom. The van der Waals surface area contributed by atoms with Crippen molar-refractivity contribution in [1.29, 1.82) is 5.26 Å². The summed E-state index contributed by atoms with van der Waals surface area (Å²) < 4.78 is 8.09. The van der Waals surface area contributed by atoms with E-state index in [1.165, 1.54) is 19.3 Å². The number of ether oxygens (including phenoxy) is 1. The number of carbonyl (C=O) groups excluding carboxylic acids is 1. The Kier molecular flexibility index (Phi) is 5.85. The van der Waals surface area contributed by atoms with Crippen molar-refractivity contribution in [2.24, 2.45) is 11.8 Å². The molecular formula is C28H31N3O2. The molecular weight excluding hydrogens is 410 g/mol. The molecule has 2 aromatic carbocycles. The fraction of sp³-hybridized carbons (Fsp3) is 0.429. The molecule has 5 nitrogen and oxygen atoms in total. The van der Waals surface area contributed by atoms with Gasteiger partial charge in [-0.2, -0.15) is 5.26 Å². The molecule has 2 fully saturated rings. The lowest BCUT2D eigenvalue weighted by Gasteiger charge is -2.30. The van der Waals surface area contributed by atoms with Gasteiger partial charge in [0.2, 0.25) is 5.91 Å². The molecule has 1 amide bonds. The van der Waals surface area contributed by atoms with E-state index >= 15 is 0 Å². The zero-order valence-corrected chi connectivity index (χ0v) is 19.4. The Bertz CT molecular complexity index is 1210. The van der Waals surface area contributed by atoms with Crippen LogP contribution < -0.4 is 10.1 Å². The predicted molar refractivity (Wildman–Crippen MR) is 131 cm³/mol. The zero-order valence-electron chi connectivity index (χ0n) is 19.4. The van der Waals surface area contributed by atoms with E-state index in [0.29, 0.717) is 30.6 Å². The second-order valence-corrected chi connectivity index (χ2v) is 9.55. The van der Waals surface area contributed by atoms with Gasteiger partial charge in [-0.15, -0.1) is 0 Å². The summed E-state index contributed by atoms with van der Waals surface area (Å²) in [5, 5.41) is 14.1. The molecule has 2 saturated carbocycles. The molecule has 170 valence electrons. The molecule has 33 heavy (non-hydrogen) atoms. The van der Waals surface area contributed by atoms with Crippen LogP contribution in [0.2, 0.25) is 0 Å². The van der Waals surface area contributed by atoms with Gasteiger partial charge in [0.15, 0.2) is 0 Å². The number of anilines is 1. The van der Waals surface area contributed by atoms with E-state index in [-0.39, 0.29) is 5.91 Å². The van der Waals surface area contributed by atoms with Gasteiger partial charge in [-0.25, -0.2) is 0 Å². The van der Waals surface area contributed by atoms with E-state index in [1.807, 2.05) is 43.3 Å². The number of hydrogen-bond donors (Lipinski definition) is 1. The molecule has 0 saturated heterocycles. The third kappa shape index (κ3) is 4.23. The number of hydrogen-bond acceptors (Lipinski definition) is 3. The van der Waals surface area contributed by atoms with Gasteiger partial charge in [-0.1, -0.05) is 19.1 Å². The van der Waals surface area contributed by atoms with Crippen LogP contribution in [0.5, 0.6) is 5.75 Å². The fourth-order valence-electron chi connectivity index (χ4n) is 5.02.